The van der Waals surface area contributed by atoms with Crippen LogP contribution < -0.4 is 10.6 Å². The number of hydrogen-bond acceptors (Lipinski definition) is 4. The predicted octanol–water partition coefficient (Wildman–Crippen LogP) is 2.12. The van der Waals surface area contributed by atoms with Crippen LogP contribution in [-0.2, 0) is 11.3 Å². The molecule has 0 radical (unpaired) electrons. The van der Waals surface area contributed by atoms with Gasteiger partial charge in [0, 0.05) is 11.4 Å². The van der Waals surface area contributed by atoms with E-state index < -0.39 is 0 Å². The zero-order valence-corrected chi connectivity index (χ0v) is 11.2. The highest BCUT2D eigenvalue weighted by atomic mass is 32.2. The summed E-state index contributed by atoms with van der Waals surface area (Å²) in [7, 11) is 0. The molecular weight excluding hydrogens is 246 g/mol. The van der Waals surface area contributed by atoms with Crippen LogP contribution in [0.5, 0.6) is 0 Å². The van der Waals surface area contributed by atoms with Gasteiger partial charge in [0.15, 0.2) is 0 Å². The molecule has 0 aliphatic carbocycles. The van der Waals surface area contributed by atoms with Crippen molar-refractivity contribution in [2.75, 3.05) is 5.32 Å². The van der Waals surface area contributed by atoms with Gasteiger partial charge in [-0.1, -0.05) is 6.07 Å². The van der Waals surface area contributed by atoms with E-state index in [0.29, 0.717) is 6.54 Å². The second kappa shape index (κ2) is 5.42. The Kier molecular flexibility index (Phi) is 3.90. The summed E-state index contributed by atoms with van der Waals surface area (Å²) in [6.07, 6.45) is 0. The molecule has 2 N–H and O–H groups in total. The van der Waals surface area contributed by atoms with E-state index in [0.717, 1.165) is 16.1 Å². The van der Waals surface area contributed by atoms with Crippen LogP contribution in [0.25, 0.3) is 0 Å². The van der Waals surface area contributed by atoms with Crippen LogP contribution in [0.1, 0.15) is 19.4 Å². The van der Waals surface area contributed by atoms with E-state index >= 15 is 0 Å². The van der Waals surface area contributed by atoms with Crippen molar-refractivity contribution < 1.29 is 4.79 Å². The lowest BCUT2D eigenvalue weighted by Crippen LogP contribution is -2.27. The summed E-state index contributed by atoms with van der Waals surface area (Å²) in [5, 5.41) is 14.6. The van der Waals surface area contributed by atoms with Crippen LogP contribution in [-0.4, -0.2) is 17.2 Å². The van der Waals surface area contributed by atoms with Crippen molar-refractivity contribution in [2.24, 2.45) is 0 Å². The molecule has 1 aromatic carbocycles. The zero-order chi connectivity index (χ0) is 13.1. The third-order valence-electron chi connectivity index (χ3n) is 2.78. The molecule has 0 saturated carbocycles. The van der Waals surface area contributed by atoms with Crippen LogP contribution in [0.2, 0.25) is 0 Å². The van der Waals surface area contributed by atoms with Gasteiger partial charge in [-0.05, 0) is 31.5 Å². The van der Waals surface area contributed by atoms with Crippen LogP contribution in [0.4, 0.5) is 5.69 Å². The van der Waals surface area contributed by atoms with Crippen LogP contribution in [0.3, 0.4) is 0 Å². The number of hydrogen-bond donors (Lipinski definition) is 2. The second-order valence-electron chi connectivity index (χ2n) is 4.31. The SMILES string of the molecule is CC(C#N)NCc1ccc2c(c1)NC(=O)C(C)S2. The first-order valence-corrected chi connectivity index (χ1v) is 6.71. The Morgan fingerprint density at radius 1 is 1.61 bits per heavy atom. The van der Waals surface area contributed by atoms with E-state index in [9.17, 15) is 4.79 Å². The number of thioether (sulfide) groups is 1. The average molecular weight is 261 g/mol. The molecule has 94 valence electrons. The van der Waals surface area contributed by atoms with E-state index in [-0.39, 0.29) is 17.2 Å². The predicted molar refractivity (Wildman–Crippen MR) is 72.3 cm³/mol. The summed E-state index contributed by atoms with van der Waals surface area (Å²) in [6.45, 7) is 4.34. The molecule has 2 atom stereocenters. The molecule has 0 bridgehead atoms. The van der Waals surface area contributed by atoms with Crippen LogP contribution >= 0.6 is 11.8 Å². The molecule has 2 rings (SSSR count). The fraction of sp³-hybridized carbons (Fsp3) is 0.385. The number of carbonyl (C=O) groups is 1. The van der Waals surface area contributed by atoms with Crippen LogP contribution in [0, 0.1) is 11.3 Å². The Morgan fingerprint density at radius 2 is 2.39 bits per heavy atom. The van der Waals surface area contributed by atoms with Crippen molar-refractivity contribution in [2.45, 2.75) is 36.6 Å². The molecule has 1 aliphatic rings. The van der Waals surface area contributed by atoms with Crippen LogP contribution in [0.15, 0.2) is 23.1 Å². The Labute approximate surface area is 111 Å². The van der Waals surface area contributed by atoms with Gasteiger partial charge in [-0.25, -0.2) is 0 Å². The monoisotopic (exact) mass is 261 g/mol. The minimum absolute atomic E-state index is 0.0416. The van der Waals surface area contributed by atoms with Gasteiger partial charge in [0.1, 0.15) is 0 Å². The lowest BCUT2D eigenvalue weighted by molar-refractivity contribution is -0.115. The van der Waals surface area contributed by atoms with Crippen molar-refractivity contribution in [3.05, 3.63) is 23.8 Å². The van der Waals surface area contributed by atoms with Gasteiger partial charge >= 0.3 is 0 Å². The summed E-state index contributed by atoms with van der Waals surface area (Å²) in [6, 6.07) is 7.95. The molecule has 0 aromatic heterocycles. The highest BCUT2D eigenvalue weighted by molar-refractivity contribution is 8.00. The fourth-order valence-electron chi connectivity index (χ4n) is 1.68. The van der Waals surface area contributed by atoms with Gasteiger partial charge in [0.2, 0.25) is 5.91 Å². The van der Waals surface area contributed by atoms with E-state index in [1.54, 1.807) is 11.8 Å². The average Bonchev–Trinajstić information content (AvgIpc) is 2.37. The number of nitrogens with zero attached hydrogens (tertiary/aromatic N) is 1. The summed E-state index contributed by atoms with van der Waals surface area (Å²) in [5.74, 6) is 0.0444. The van der Waals surface area contributed by atoms with E-state index in [2.05, 4.69) is 16.7 Å². The number of rotatable bonds is 3. The summed E-state index contributed by atoms with van der Waals surface area (Å²) >= 11 is 1.57. The second-order valence-corrected chi connectivity index (χ2v) is 5.69. The van der Waals surface area contributed by atoms with Crippen molar-refractivity contribution in [1.82, 2.24) is 5.32 Å². The Balaban J connectivity index is 2.11. The third kappa shape index (κ3) is 2.84. The molecule has 0 saturated heterocycles. The Hall–Kier alpha value is -1.51. The van der Waals surface area contributed by atoms with Crippen molar-refractivity contribution in [3.63, 3.8) is 0 Å². The topological polar surface area (TPSA) is 64.9 Å². The molecule has 5 heteroatoms. The maximum absolute atomic E-state index is 11.6. The maximum Gasteiger partial charge on any atom is 0.237 e. The molecule has 0 fully saturated rings. The molecule has 18 heavy (non-hydrogen) atoms. The number of nitrogens with one attached hydrogen (secondary N) is 2. The van der Waals surface area contributed by atoms with E-state index in [1.807, 2.05) is 32.0 Å². The lowest BCUT2D eigenvalue weighted by atomic mass is 10.2. The van der Waals surface area contributed by atoms with Gasteiger partial charge in [0.05, 0.1) is 23.0 Å². The summed E-state index contributed by atoms with van der Waals surface area (Å²) in [4.78, 5) is 12.7. The lowest BCUT2D eigenvalue weighted by Gasteiger charge is -2.22. The van der Waals surface area contributed by atoms with Crippen molar-refractivity contribution in [1.29, 1.82) is 5.26 Å². The maximum atomic E-state index is 11.6. The molecular formula is C13H15N3OS. The molecule has 0 spiro atoms. The highest BCUT2D eigenvalue weighted by Gasteiger charge is 2.22. The third-order valence-corrected chi connectivity index (χ3v) is 3.96. The fourth-order valence-corrected chi connectivity index (χ4v) is 2.61. The number of nitriles is 1. The van der Waals surface area contributed by atoms with E-state index in [4.69, 9.17) is 5.26 Å². The smallest absolute Gasteiger partial charge is 0.237 e. The molecule has 1 aromatic rings. The number of amides is 1. The number of anilines is 1. The Bertz CT molecular complexity index is 509. The first-order chi connectivity index (χ1) is 8.60. The first-order valence-electron chi connectivity index (χ1n) is 5.83. The molecule has 1 heterocycles. The van der Waals surface area contributed by atoms with Crippen molar-refractivity contribution >= 4 is 23.4 Å². The number of fused-ring (bicyclic) bond motifs is 1. The van der Waals surface area contributed by atoms with Gasteiger partial charge in [-0.3, -0.25) is 10.1 Å². The standard InChI is InChI=1S/C13H15N3OS/c1-8(6-14)15-7-10-3-4-12-11(5-10)16-13(17)9(2)18-12/h3-5,8-9,15H,7H2,1-2H3,(H,16,17). The minimum Gasteiger partial charge on any atom is -0.324 e. The number of benzene rings is 1. The van der Waals surface area contributed by atoms with Gasteiger partial charge in [-0.15, -0.1) is 11.8 Å². The molecule has 4 nitrogen and oxygen atoms in total. The highest BCUT2D eigenvalue weighted by Crippen LogP contribution is 2.35. The normalized spacial score (nSPS) is 19.6. The molecule has 2 unspecified atom stereocenters. The summed E-state index contributed by atoms with van der Waals surface area (Å²) in [5.41, 5.74) is 1.93. The first kappa shape index (κ1) is 12.9. The van der Waals surface area contributed by atoms with Gasteiger partial charge in [-0.2, -0.15) is 5.26 Å². The van der Waals surface area contributed by atoms with Crippen molar-refractivity contribution in [3.8, 4) is 6.07 Å². The quantitative estimate of drug-likeness (QED) is 0.874. The molecule has 1 amide bonds. The minimum atomic E-state index is -0.176. The number of carbonyl (C=O) groups excluding carboxylic acids is 1. The largest absolute Gasteiger partial charge is 0.324 e. The zero-order valence-electron chi connectivity index (χ0n) is 10.4. The Morgan fingerprint density at radius 3 is 3.11 bits per heavy atom. The van der Waals surface area contributed by atoms with E-state index in [1.165, 1.54) is 0 Å². The molecule has 1 aliphatic heterocycles. The van der Waals surface area contributed by atoms with Gasteiger partial charge < -0.3 is 5.32 Å². The van der Waals surface area contributed by atoms with Gasteiger partial charge in [0.25, 0.3) is 0 Å². The summed E-state index contributed by atoms with van der Waals surface area (Å²) < 4.78 is 0.